The highest BCUT2D eigenvalue weighted by Crippen LogP contribution is 2.19. The van der Waals surface area contributed by atoms with E-state index in [1.54, 1.807) is 30.5 Å². The van der Waals surface area contributed by atoms with Crippen LogP contribution in [0.5, 0.6) is 0 Å². The molecule has 2 aromatic carbocycles. The van der Waals surface area contributed by atoms with Crippen LogP contribution < -0.4 is 16.6 Å². The van der Waals surface area contributed by atoms with E-state index < -0.39 is 29.2 Å². The molecule has 1 amide bonds. The molecule has 31 heavy (non-hydrogen) atoms. The number of carbonyl (C=O) groups excluding carboxylic acids is 2. The lowest BCUT2D eigenvalue weighted by Crippen LogP contribution is -2.45. The van der Waals surface area contributed by atoms with Gasteiger partial charge in [-0.25, -0.2) is 9.59 Å². The van der Waals surface area contributed by atoms with Crippen LogP contribution in [0.15, 0.2) is 64.3 Å². The summed E-state index contributed by atoms with van der Waals surface area (Å²) in [5.74, 6) is -1.16. The van der Waals surface area contributed by atoms with E-state index in [9.17, 15) is 19.2 Å². The molecule has 0 saturated carbocycles. The van der Waals surface area contributed by atoms with Gasteiger partial charge in [0.2, 0.25) is 5.91 Å². The van der Waals surface area contributed by atoms with Gasteiger partial charge in [0.1, 0.15) is 12.6 Å². The van der Waals surface area contributed by atoms with Gasteiger partial charge < -0.3 is 15.0 Å². The molecule has 9 heteroatoms. The van der Waals surface area contributed by atoms with Crippen LogP contribution in [0.1, 0.15) is 5.56 Å². The Morgan fingerprint density at radius 2 is 1.77 bits per heavy atom. The molecule has 4 rings (SSSR count). The zero-order valence-corrected chi connectivity index (χ0v) is 16.7. The largest absolute Gasteiger partial charge is 0.467 e. The predicted octanol–water partition coefficient (Wildman–Crippen LogP) is 1.07. The number of esters is 1. The second kappa shape index (κ2) is 8.31. The molecule has 0 aliphatic rings. The molecule has 0 unspecified atom stereocenters. The van der Waals surface area contributed by atoms with Gasteiger partial charge >= 0.3 is 11.7 Å². The SMILES string of the molecule is COC(=O)[C@@H](Cc1c[nH]c2ccccc12)NC(=O)Cn1c(=O)[nH]c(=O)c2ccccc21. The van der Waals surface area contributed by atoms with Crippen LogP contribution in [0.3, 0.4) is 0 Å². The fourth-order valence-electron chi connectivity index (χ4n) is 3.64. The van der Waals surface area contributed by atoms with Crippen molar-refractivity contribution in [3.05, 3.63) is 81.1 Å². The normalized spacial score (nSPS) is 12.0. The van der Waals surface area contributed by atoms with Crippen LogP contribution in [-0.2, 0) is 27.3 Å². The van der Waals surface area contributed by atoms with Crippen molar-refractivity contribution in [2.75, 3.05) is 7.11 Å². The molecule has 0 aliphatic carbocycles. The van der Waals surface area contributed by atoms with Crippen molar-refractivity contribution in [1.82, 2.24) is 19.9 Å². The molecule has 0 bridgehead atoms. The van der Waals surface area contributed by atoms with E-state index in [1.807, 2.05) is 24.3 Å². The Hall–Kier alpha value is -4.14. The summed E-state index contributed by atoms with van der Waals surface area (Å²) < 4.78 is 6.01. The fraction of sp³-hybridized carbons (Fsp3) is 0.182. The number of hydrogen-bond donors (Lipinski definition) is 3. The van der Waals surface area contributed by atoms with Crippen LogP contribution in [0.25, 0.3) is 21.8 Å². The molecule has 4 aromatic rings. The zero-order valence-electron chi connectivity index (χ0n) is 16.7. The van der Waals surface area contributed by atoms with Gasteiger partial charge in [0.25, 0.3) is 5.56 Å². The maximum Gasteiger partial charge on any atom is 0.329 e. The first-order valence-corrected chi connectivity index (χ1v) is 9.62. The van der Waals surface area contributed by atoms with Gasteiger partial charge in [-0.05, 0) is 23.8 Å². The monoisotopic (exact) mass is 420 g/mol. The highest BCUT2D eigenvalue weighted by Gasteiger charge is 2.24. The van der Waals surface area contributed by atoms with E-state index in [-0.39, 0.29) is 13.0 Å². The first kappa shape index (κ1) is 20.1. The quantitative estimate of drug-likeness (QED) is 0.402. The molecule has 2 heterocycles. The highest BCUT2D eigenvalue weighted by molar-refractivity contribution is 5.88. The van der Waals surface area contributed by atoms with E-state index in [4.69, 9.17) is 4.74 Å². The van der Waals surface area contributed by atoms with Gasteiger partial charge in [-0.2, -0.15) is 0 Å². The van der Waals surface area contributed by atoms with Crippen LogP contribution in [0, 0.1) is 0 Å². The van der Waals surface area contributed by atoms with Crippen molar-refractivity contribution < 1.29 is 14.3 Å². The maximum absolute atomic E-state index is 12.7. The van der Waals surface area contributed by atoms with Crippen molar-refractivity contribution in [3.63, 3.8) is 0 Å². The van der Waals surface area contributed by atoms with E-state index in [2.05, 4.69) is 15.3 Å². The fourth-order valence-corrected chi connectivity index (χ4v) is 3.64. The number of carbonyl (C=O) groups is 2. The minimum absolute atomic E-state index is 0.212. The van der Waals surface area contributed by atoms with Crippen molar-refractivity contribution >= 4 is 33.7 Å². The average Bonchev–Trinajstić information content (AvgIpc) is 3.18. The number of hydrogen-bond acceptors (Lipinski definition) is 5. The molecule has 0 fully saturated rings. The number of amides is 1. The predicted molar refractivity (Wildman–Crippen MR) is 115 cm³/mol. The third kappa shape index (κ3) is 3.97. The molecule has 0 spiro atoms. The molecule has 0 aliphatic heterocycles. The topological polar surface area (TPSA) is 126 Å². The van der Waals surface area contributed by atoms with E-state index in [0.717, 1.165) is 21.0 Å². The first-order chi connectivity index (χ1) is 15.0. The van der Waals surface area contributed by atoms with Crippen LogP contribution in [-0.4, -0.2) is 39.6 Å². The van der Waals surface area contributed by atoms with Crippen molar-refractivity contribution in [3.8, 4) is 0 Å². The summed E-state index contributed by atoms with van der Waals surface area (Å²) in [6.45, 7) is -0.364. The molecule has 3 N–H and O–H groups in total. The summed E-state index contributed by atoms with van der Waals surface area (Å²) in [7, 11) is 1.25. The summed E-state index contributed by atoms with van der Waals surface area (Å²) in [6, 6.07) is 13.2. The van der Waals surface area contributed by atoms with E-state index in [1.165, 1.54) is 7.11 Å². The second-order valence-electron chi connectivity index (χ2n) is 7.07. The summed E-state index contributed by atoms with van der Waals surface area (Å²) >= 11 is 0. The lowest BCUT2D eigenvalue weighted by molar-refractivity contribution is -0.145. The zero-order chi connectivity index (χ0) is 22.0. The van der Waals surface area contributed by atoms with Crippen LogP contribution in [0.2, 0.25) is 0 Å². The number of H-pyrrole nitrogens is 2. The summed E-state index contributed by atoms with van der Waals surface area (Å²) in [6.07, 6.45) is 2.00. The second-order valence-corrected chi connectivity index (χ2v) is 7.07. The van der Waals surface area contributed by atoms with Crippen molar-refractivity contribution in [2.45, 2.75) is 19.0 Å². The molecule has 0 radical (unpaired) electrons. The standard InChI is InChI=1S/C22H20N4O5/c1-31-21(29)17(10-13-11-23-16-8-4-2-6-14(13)16)24-19(27)12-26-18-9-5-3-7-15(18)20(28)25-22(26)30/h2-9,11,17,23H,10,12H2,1H3,(H,24,27)(H,25,28,30)/t17-/m1/s1. The number of nitrogens with one attached hydrogen (secondary N) is 3. The Balaban J connectivity index is 1.59. The lowest BCUT2D eigenvalue weighted by atomic mass is 10.0. The van der Waals surface area contributed by atoms with E-state index in [0.29, 0.717) is 10.9 Å². The first-order valence-electron chi connectivity index (χ1n) is 9.62. The molecular formula is C22H20N4O5. The number of para-hydroxylation sites is 2. The third-order valence-corrected chi connectivity index (χ3v) is 5.13. The summed E-state index contributed by atoms with van der Waals surface area (Å²) in [5.41, 5.74) is 0.864. The van der Waals surface area contributed by atoms with Gasteiger partial charge in [-0.1, -0.05) is 30.3 Å². The number of ether oxygens (including phenoxy) is 1. The van der Waals surface area contributed by atoms with Crippen molar-refractivity contribution in [2.24, 2.45) is 0 Å². The van der Waals surface area contributed by atoms with Crippen molar-refractivity contribution in [1.29, 1.82) is 0 Å². The number of nitrogens with zero attached hydrogens (tertiary/aromatic N) is 1. The van der Waals surface area contributed by atoms with Crippen LogP contribution in [0.4, 0.5) is 0 Å². The summed E-state index contributed by atoms with van der Waals surface area (Å²) in [5, 5.41) is 3.88. The highest BCUT2D eigenvalue weighted by atomic mass is 16.5. The molecular weight excluding hydrogens is 400 g/mol. The Morgan fingerprint density at radius 3 is 2.55 bits per heavy atom. The Kier molecular flexibility index (Phi) is 5.40. The smallest absolute Gasteiger partial charge is 0.329 e. The number of benzene rings is 2. The molecule has 1 atom stereocenters. The molecule has 2 aromatic heterocycles. The summed E-state index contributed by atoms with van der Waals surface area (Å²) in [4.78, 5) is 54.7. The number of aromatic nitrogens is 3. The van der Waals surface area contributed by atoms with Gasteiger partial charge in [-0.15, -0.1) is 0 Å². The van der Waals surface area contributed by atoms with Crippen LogP contribution >= 0.6 is 0 Å². The van der Waals surface area contributed by atoms with Gasteiger partial charge in [0.15, 0.2) is 0 Å². The van der Waals surface area contributed by atoms with Gasteiger partial charge in [-0.3, -0.25) is 19.1 Å². The molecule has 9 nitrogen and oxygen atoms in total. The Bertz CT molecular complexity index is 1400. The third-order valence-electron chi connectivity index (χ3n) is 5.13. The Morgan fingerprint density at radius 1 is 1.06 bits per heavy atom. The number of rotatable bonds is 6. The number of fused-ring (bicyclic) bond motifs is 2. The maximum atomic E-state index is 12.7. The number of aromatic amines is 2. The van der Waals surface area contributed by atoms with Gasteiger partial charge in [0, 0.05) is 23.5 Å². The minimum Gasteiger partial charge on any atom is -0.467 e. The van der Waals surface area contributed by atoms with E-state index >= 15 is 0 Å². The Labute approximate surface area is 175 Å². The molecule has 0 saturated heterocycles. The average molecular weight is 420 g/mol. The number of methoxy groups -OCH3 is 1. The molecule has 158 valence electrons. The minimum atomic E-state index is -0.943. The van der Waals surface area contributed by atoms with Gasteiger partial charge in [0.05, 0.1) is 18.0 Å². The lowest BCUT2D eigenvalue weighted by Gasteiger charge is -2.17.